The molecule has 0 fully saturated rings. The molecule has 1 N–H and O–H groups in total. The highest BCUT2D eigenvalue weighted by Crippen LogP contribution is 2.04. The van der Waals surface area contributed by atoms with Gasteiger partial charge in [0.25, 0.3) is 0 Å². The standard InChI is InChI=1S/C8H11N3/c1-4-7-5-6(2)10-8(9-3)11-7/h4-5H,1H2,2-3H3,(H,9,10,11). The van der Waals surface area contributed by atoms with Gasteiger partial charge >= 0.3 is 0 Å². The summed E-state index contributed by atoms with van der Waals surface area (Å²) in [4.78, 5) is 8.26. The van der Waals surface area contributed by atoms with Crippen LogP contribution in [0.4, 0.5) is 5.95 Å². The highest BCUT2D eigenvalue weighted by atomic mass is 15.1. The van der Waals surface area contributed by atoms with Crippen LogP contribution in [-0.2, 0) is 0 Å². The molecular formula is C8H11N3. The monoisotopic (exact) mass is 149 g/mol. The minimum absolute atomic E-state index is 0.639. The van der Waals surface area contributed by atoms with Crippen LogP contribution in [0.15, 0.2) is 12.6 Å². The Morgan fingerprint density at radius 1 is 1.55 bits per heavy atom. The molecule has 0 bridgehead atoms. The summed E-state index contributed by atoms with van der Waals surface area (Å²) in [6.07, 6.45) is 1.70. The number of rotatable bonds is 2. The zero-order valence-electron chi connectivity index (χ0n) is 6.76. The smallest absolute Gasteiger partial charge is 0.223 e. The first-order valence-corrected chi connectivity index (χ1v) is 3.42. The molecule has 3 nitrogen and oxygen atoms in total. The lowest BCUT2D eigenvalue weighted by atomic mass is 10.3. The van der Waals surface area contributed by atoms with Crippen molar-refractivity contribution in [2.75, 3.05) is 12.4 Å². The lowest BCUT2D eigenvalue weighted by molar-refractivity contribution is 1.08. The van der Waals surface area contributed by atoms with E-state index in [9.17, 15) is 0 Å². The van der Waals surface area contributed by atoms with Crippen LogP contribution in [0.25, 0.3) is 6.08 Å². The van der Waals surface area contributed by atoms with Crippen molar-refractivity contribution < 1.29 is 0 Å². The van der Waals surface area contributed by atoms with Crippen LogP contribution in [0.2, 0.25) is 0 Å². The lowest BCUT2D eigenvalue weighted by Crippen LogP contribution is -1.98. The Balaban J connectivity index is 3.11. The average Bonchev–Trinajstić information content (AvgIpc) is 2.03. The summed E-state index contributed by atoms with van der Waals surface area (Å²) < 4.78 is 0. The molecule has 0 amide bonds. The number of hydrogen-bond donors (Lipinski definition) is 1. The van der Waals surface area contributed by atoms with Gasteiger partial charge in [-0.25, -0.2) is 9.97 Å². The van der Waals surface area contributed by atoms with Gasteiger partial charge in [-0.2, -0.15) is 0 Å². The van der Waals surface area contributed by atoms with Crippen LogP contribution in [0.1, 0.15) is 11.4 Å². The second-order valence-electron chi connectivity index (χ2n) is 2.21. The molecule has 0 radical (unpaired) electrons. The van der Waals surface area contributed by atoms with Crippen LogP contribution < -0.4 is 5.32 Å². The summed E-state index contributed by atoms with van der Waals surface area (Å²) in [5.41, 5.74) is 1.79. The maximum absolute atomic E-state index is 4.13. The second kappa shape index (κ2) is 3.14. The SMILES string of the molecule is C=Cc1cc(C)nc(NC)n1. The molecule has 0 unspecified atom stereocenters. The van der Waals surface area contributed by atoms with Crippen molar-refractivity contribution in [3.05, 3.63) is 24.0 Å². The van der Waals surface area contributed by atoms with E-state index in [1.807, 2.05) is 13.0 Å². The molecule has 0 atom stereocenters. The third kappa shape index (κ3) is 1.77. The topological polar surface area (TPSA) is 37.8 Å². The highest BCUT2D eigenvalue weighted by molar-refractivity contribution is 5.44. The Kier molecular flexibility index (Phi) is 2.21. The largest absolute Gasteiger partial charge is 0.357 e. The first-order chi connectivity index (χ1) is 5.26. The van der Waals surface area contributed by atoms with E-state index in [1.165, 1.54) is 0 Å². The summed E-state index contributed by atoms with van der Waals surface area (Å²) in [7, 11) is 1.79. The van der Waals surface area contributed by atoms with Gasteiger partial charge in [-0.05, 0) is 19.1 Å². The van der Waals surface area contributed by atoms with Crippen molar-refractivity contribution >= 4 is 12.0 Å². The maximum atomic E-state index is 4.13. The van der Waals surface area contributed by atoms with Gasteiger partial charge in [0.1, 0.15) is 0 Å². The van der Waals surface area contributed by atoms with E-state index in [-0.39, 0.29) is 0 Å². The Morgan fingerprint density at radius 2 is 2.27 bits per heavy atom. The molecule has 0 aromatic carbocycles. The first-order valence-electron chi connectivity index (χ1n) is 3.42. The fraction of sp³-hybridized carbons (Fsp3) is 0.250. The van der Waals surface area contributed by atoms with E-state index >= 15 is 0 Å². The highest BCUT2D eigenvalue weighted by Gasteiger charge is 1.95. The van der Waals surface area contributed by atoms with E-state index in [0.29, 0.717) is 5.95 Å². The maximum Gasteiger partial charge on any atom is 0.223 e. The molecule has 0 saturated heterocycles. The van der Waals surface area contributed by atoms with E-state index in [4.69, 9.17) is 0 Å². The van der Waals surface area contributed by atoms with Gasteiger partial charge in [-0.3, -0.25) is 0 Å². The van der Waals surface area contributed by atoms with Gasteiger partial charge in [-0.15, -0.1) is 0 Å². The number of nitrogens with zero attached hydrogens (tertiary/aromatic N) is 2. The normalized spacial score (nSPS) is 9.27. The summed E-state index contributed by atoms with van der Waals surface area (Å²) >= 11 is 0. The predicted octanol–water partition coefficient (Wildman–Crippen LogP) is 1.47. The van der Waals surface area contributed by atoms with E-state index < -0.39 is 0 Å². The molecule has 11 heavy (non-hydrogen) atoms. The molecule has 0 aliphatic rings. The molecule has 1 aromatic heterocycles. The van der Waals surface area contributed by atoms with Crippen LogP contribution >= 0.6 is 0 Å². The Bertz CT molecular complexity index is 268. The molecule has 0 spiro atoms. The summed E-state index contributed by atoms with van der Waals surface area (Å²) in [5.74, 6) is 0.639. The summed E-state index contributed by atoms with van der Waals surface area (Å²) in [6.45, 7) is 5.56. The van der Waals surface area contributed by atoms with Crippen LogP contribution in [0, 0.1) is 6.92 Å². The van der Waals surface area contributed by atoms with E-state index in [2.05, 4.69) is 21.9 Å². The Morgan fingerprint density at radius 3 is 2.82 bits per heavy atom. The fourth-order valence-corrected chi connectivity index (χ4v) is 0.809. The minimum Gasteiger partial charge on any atom is -0.357 e. The van der Waals surface area contributed by atoms with Crippen molar-refractivity contribution in [3.63, 3.8) is 0 Å². The van der Waals surface area contributed by atoms with Crippen LogP contribution in [-0.4, -0.2) is 17.0 Å². The van der Waals surface area contributed by atoms with Gasteiger partial charge < -0.3 is 5.32 Å². The van der Waals surface area contributed by atoms with Crippen LogP contribution in [0.3, 0.4) is 0 Å². The number of aromatic nitrogens is 2. The Hall–Kier alpha value is -1.38. The molecule has 1 heterocycles. The van der Waals surface area contributed by atoms with Crippen molar-refractivity contribution in [1.29, 1.82) is 0 Å². The zero-order chi connectivity index (χ0) is 8.27. The average molecular weight is 149 g/mol. The van der Waals surface area contributed by atoms with Gasteiger partial charge in [0.15, 0.2) is 0 Å². The molecular weight excluding hydrogens is 138 g/mol. The number of aryl methyl sites for hydroxylation is 1. The van der Waals surface area contributed by atoms with E-state index in [0.717, 1.165) is 11.4 Å². The molecule has 0 saturated carbocycles. The second-order valence-corrected chi connectivity index (χ2v) is 2.21. The number of nitrogens with one attached hydrogen (secondary N) is 1. The quantitative estimate of drug-likeness (QED) is 0.692. The third-order valence-electron chi connectivity index (χ3n) is 1.31. The molecule has 0 aliphatic heterocycles. The molecule has 3 heteroatoms. The van der Waals surface area contributed by atoms with Crippen molar-refractivity contribution in [1.82, 2.24) is 9.97 Å². The summed E-state index contributed by atoms with van der Waals surface area (Å²) in [6, 6.07) is 1.88. The van der Waals surface area contributed by atoms with Gasteiger partial charge in [-0.1, -0.05) is 6.58 Å². The van der Waals surface area contributed by atoms with Crippen molar-refractivity contribution in [3.8, 4) is 0 Å². The van der Waals surface area contributed by atoms with Gasteiger partial charge in [0.2, 0.25) is 5.95 Å². The lowest BCUT2D eigenvalue weighted by Gasteiger charge is -2.00. The summed E-state index contributed by atoms with van der Waals surface area (Å²) in [5, 5.41) is 2.87. The molecule has 0 aliphatic carbocycles. The number of hydrogen-bond acceptors (Lipinski definition) is 3. The fourth-order valence-electron chi connectivity index (χ4n) is 0.809. The van der Waals surface area contributed by atoms with Gasteiger partial charge in [0.05, 0.1) is 5.69 Å². The van der Waals surface area contributed by atoms with Crippen molar-refractivity contribution in [2.24, 2.45) is 0 Å². The van der Waals surface area contributed by atoms with E-state index in [1.54, 1.807) is 13.1 Å². The zero-order valence-corrected chi connectivity index (χ0v) is 6.76. The molecule has 58 valence electrons. The minimum atomic E-state index is 0.639. The first kappa shape index (κ1) is 7.72. The van der Waals surface area contributed by atoms with Gasteiger partial charge in [0, 0.05) is 12.7 Å². The van der Waals surface area contributed by atoms with Crippen LogP contribution in [0.5, 0.6) is 0 Å². The predicted molar refractivity (Wildman–Crippen MR) is 46.4 cm³/mol. The van der Waals surface area contributed by atoms with Crippen molar-refractivity contribution in [2.45, 2.75) is 6.92 Å². The molecule has 1 aromatic rings. The number of anilines is 1. The Labute approximate surface area is 66.2 Å². The third-order valence-corrected chi connectivity index (χ3v) is 1.31. The molecule has 1 rings (SSSR count).